The van der Waals surface area contributed by atoms with Gasteiger partial charge < -0.3 is 31.5 Å². The second-order valence-corrected chi connectivity index (χ2v) is 10.5. The Bertz CT molecular complexity index is 1200. The highest BCUT2D eigenvalue weighted by molar-refractivity contribution is 6.01. The lowest BCUT2D eigenvalue weighted by molar-refractivity contribution is -0.123. The highest BCUT2D eigenvalue weighted by atomic mass is 19.1. The Kier molecular flexibility index (Phi) is 5.66. The molecule has 10 nitrogen and oxygen atoms in total. The molecule has 2 saturated carbocycles. The van der Waals surface area contributed by atoms with Gasteiger partial charge in [0, 0.05) is 50.1 Å². The monoisotopic (exact) mass is 494 g/mol. The van der Waals surface area contributed by atoms with E-state index < -0.39 is 11.7 Å². The summed E-state index contributed by atoms with van der Waals surface area (Å²) in [5, 5.41) is 9.44. The molecule has 5 atom stereocenters. The van der Waals surface area contributed by atoms with Crippen LogP contribution in [-0.4, -0.2) is 72.5 Å². The van der Waals surface area contributed by atoms with Crippen molar-refractivity contribution in [2.45, 2.75) is 18.9 Å². The SMILES string of the molecule is CN1CCN(c2ccc3cc2C(=O)NC[C@@H]2C[C@@H]4C[C@H]2[C@@H](Nc2nc(ncc2F)N3)[C@H]4C(N)=O)CC1. The molecule has 6 bridgehead atoms. The van der Waals surface area contributed by atoms with Crippen LogP contribution >= 0.6 is 0 Å². The third-order valence-electron chi connectivity index (χ3n) is 8.38. The molecule has 190 valence electrons. The number of likely N-dealkylation sites (N-methyl/N-ethyl adjacent to an activating group) is 1. The van der Waals surface area contributed by atoms with Crippen molar-refractivity contribution < 1.29 is 14.0 Å². The van der Waals surface area contributed by atoms with Crippen molar-refractivity contribution in [2.75, 3.05) is 55.3 Å². The summed E-state index contributed by atoms with van der Waals surface area (Å²) in [6, 6.07) is 5.29. The van der Waals surface area contributed by atoms with Crippen LogP contribution in [-0.2, 0) is 4.79 Å². The zero-order valence-electron chi connectivity index (χ0n) is 20.2. The Hall–Kier alpha value is -3.47. The van der Waals surface area contributed by atoms with E-state index in [0.717, 1.165) is 50.9 Å². The molecule has 5 N–H and O–H groups in total. The van der Waals surface area contributed by atoms with Gasteiger partial charge in [0.1, 0.15) is 0 Å². The van der Waals surface area contributed by atoms with Crippen molar-refractivity contribution in [3.63, 3.8) is 0 Å². The first-order chi connectivity index (χ1) is 17.4. The zero-order valence-corrected chi connectivity index (χ0v) is 20.2. The molecule has 11 heteroatoms. The predicted octanol–water partition coefficient (Wildman–Crippen LogP) is 1.39. The topological polar surface area (TPSA) is 129 Å². The molecule has 2 amide bonds. The standard InChI is InChI=1S/C25H31FN8O2/c1-33-4-6-34(7-5-33)19-3-2-15-10-17(19)24(36)28-11-14-8-13-9-16(14)21(20(13)22(27)35)31-23-18(26)12-29-25(30-15)32-23/h2-3,10,12-14,16,20-21H,4-9,11H2,1H3,(H2,27,35)(H,28,36)(H2,29,30,31,32)/t13-,14+,16-,20+,21-/m1/s1. The first kappa shape index (κ1) is 23.0. The average molecular weight is 495 g/mol. The first-order valence-electron chi connectivity index (χ1n) is 12.6. The molecular formula is C25H31FN8O2. The number of hydrogen-bond donors (Lipinski definition) is 4. The molecule has 1 saturated heterocycles. The van der Waals surface area contributed by atoms with Crippen LogP contribution < -0.4 is 26.6 Å². The van der Waals surface area contributed by atoms with E-state index in [4.69, 9.17) is 5.73 Å². The maximum Gasteiger partial charge on any atom is 0.253 e. The summed E-state index contributed by atoms with van der Waals surface area (Å²) in [5.74, 6) is -0.932. The number of carbonyl (C=O) groups is 2. The molecule has 36 heavy (non-hydrogen) atoms. The number of carbonyl (C=O) groups excluding carboxylic acids is 2. The summed E-state index contributed by atoms with van der Waals surface area (Å²) in [4.78, 5) is 38.8. The number of primary amides is 1. The summed E-state index contributed by atoms with van der Waals surface area (Å²) < 4.78 is 14.7. The Morgan fingerprint density at radius 2 is 1.97 bits per heavy atom. The number of nitrogens with zero attached hydrogens (tertiary/aromatic N) is 4. The third-order valence-corrected chi connectivity index (χ3v) is 8.38. The number of nitrogens with one attached hydrogen (secondary N) is 3. The summed E-state index contributed by atoms with van der Waals surface area (Å²) in [6.45, 7) is 4.01. The molecule has 3 heterocycles. The second kappa shape index (κ2) is 8.88. The van der Waals surface area contributed by atoms with Gasteiger partial charge in [-0.05, 0) is 55.8 Å². The summed E-state index contributed by atoms with van der Waals surface area (Å²) in [5.41, 5.74) is 7.86. The lowest BCUT2D eigenvalue weighted by Gasteiger charge is -2.36. The van der Waals surface area contributed by atoms with Crippen LogP contribution in [0.3, 0.4) is 0 Å². The van der Waals surface area contributed by atoms with Crippen molar-refractivity contribution in [3.8, 4) is 0 Å². The average Bonchev–Trinajstić information content (AvgIpc) is 3.43. The van der Waals surface area contributed by atoms with Crippen LogP contribution in [0, 0.1) is 29.5 Å². The highest BCUT2D eigenvalue weighted by Crippen LogP contribution is 2.52. The van der Waals surface area contributed by atoms with E-state index in [-0.39, 0.29) is 47.4 Å². The van der Waals surface area contributed by atoms with E-state index in [9.17, 15) is 14.0 Å². The van der Waals surface area contributed by atoms with Crippen LogP contribution in [0.4, 0.5) is 27.5 Å². The van der Waals surface area contributed by atoms with Gasteiger partial charge >= 0.3 is 0 Å². The molecule has 2 aromatic rings. The fraction of sp³-hybridized carbons (Fsp3) is 0.520. The van der Waals surface area contributed by atoms with Gasteiger partial charge in [-0.25, -0.2) is 9.37 Å². The molecule has 0 unspecified atom stereocenters. The van der Waals surface area contributed by atoms with E-state index in [0.29, 0.717) is 17.8 Å². The minimum Gasteiger partial charge on any atom is -0.369 e. The van der Waals surface area contributed by atoms with E-state index >= 15 is 0 Å². The third kappa shape index (κ3) is 4.01. The minimum atomic E-state index is -0.588. The molecular weight excluding hydrogens is 463 g/mol. The number of aromatic nitrogens is 2. The van der Waals surface area contributed by atoms with Crippen LogP contribution in [0.1, 0.15) is 23.2 Å². The van der Waals surface area contributed by atoms with Gasteiger partial charge in [-0.2, -0.15) is 4.98 Å². The number of halogens is 1. The molecule has 0 radical (unpaired) electrons. The molecule has 6 rings (SSSR count). The van der Waals surface area contributed by atoms with Gasteiger partial charge in [0.2, 0.25) is 11.9 Å². The largest absolute Gasteiger partial charge is 0.369 e. The van der Waals surface area contributed by atoms with Gasteiger partial charge in [-0.3, -0.25) is 9.59 Å². The van der Waals surface area contributed by atoms with Crippen LogP contribution in [0.15, 0.2) is 24.4 Å². The van der Waals surface area contributed by atoms with Gasteiger partial charge in [-0.15, -0.1) is 0 Å². The van der Waals surface area contributed by atoms with Crippen molar-refractivity contribution in [1.82, 2.24) is 20.2 Å². The lowest BCUT2D eigenvalue weighted by atomic mass is 9.77. The molecule has 3 fully saturated rings. The second-order valence-electron chi connectivity index (χ2n) is 10.5. The summed E-state index contributed by atoms with van der Waals surface area (Å²) >= 11 is 0. The van der Waals surface area contributed by atoms with Crippen molar-refractivity contribution in [1.29, 1.82) is 0 Å². The van der Waals surface area contributed by atoms with Gasteiger partial charge in [0.05, 0.1) is 17.7 Å². The van der Waals surface area contributed by atoms with Crippen LogP contribution in [0.5, 0.6) is 0 Å². The number of amides is 2. The molecule has 2 aliphatic carbocycles. The smallest absolute Gasteiger partial charge is 0.253 e. The number of piperazine rings is 1. The quantitative estimate of drug-likeness (QED) is 0.493. The normalized spacial score (nSPS) is 29.7. The molecule has 4 aliphatic rings. The van der Waals surface area contributed by atoms with E-state index in [1.165, 1.54) is 0 Å². The van der Waals surface area contributed by atoms with Gasteiger partial charge in [-0.1, -0.05) is 0 Å². The number of hydrogen-bond acceptors (Lipinski definition) is 8. The Balaban J connectivity index is 1.38. The van der Waals surface area contributed by atoms with Gasteiger partial charge in [0.25, 0.3) is 5.91 Å². The Labute approximate surface area is 208 Å². The van der Waals surface area contributed by atoms with Crippen molar-refractivity contribution in [3.05, 3.63) is 35.8 Å². The maximum atomic E-state index is 14.7. The lowest BCUT2D eigenvalue weighted by Crippen LogP contribution is -2.47. The molecule has 1 aromatic carbocycles. The minimum absolute atomic E-state index is 0.0467. The van der Waals surface area contributed by atoms with Crippen LogP contribution in [0.25, 0.3) is 0 Å². The van der Waals surface area contributed by atoms with Crippen molar-refractivity contribution >= 4 is 35.0 Å². The summed E-state index contributed by atoms with van der Waals surface area (Å²) in [7, 11) is 2.10. The fourth-order valence-corrected chi connectivity index (χ4v) is 6.59. The number of nitrogens with two attached hydrogens (primary N) is 1. The number of benzene rings is 1. The Morgan fingerprint density at radius 1 is 1.17 bits per heavy atom. The first-order valence-corrected chi connectivity index (χ1v) is 12.6. The Morgan fingerprint density at radius 3 is 2.75 bits per heavy atom. The predicted molar refractivity (Wildman–Crippen MR) is 134 cm³/mol. The highest BCUT2D eigenvalue weighted by Gasteiger charge is 2.55. The van der Waals surface area contributed by atoms with Gasteiger partial charge in [0.15, 0.2) is 11.6 Å². The maximum absolute atomic E-state index is 14.7. The van der Waals surface area contributed by atoms with E-state index in [1.54, 1.807) is 6.07 Å². The number of anilines is 4. The summed E-state index contributed by atoms with van der Waals surface area (Å²) in [6.07, 6.45) is 2.73. The van der Waals surface area contributed by atoms with E-state index in [2.05, 4.69) is 42.8 Å². The van der Waals surface area contributed by atoms with Crippen LogP contribution in [0.2, 0.25) is 0 Å². The van der Waals surface area contributed by atoms with Crippen molar-refractivity contribution in [2.24, 2.45) is 29.4 Å². The molecule has 0 spiro atoms. The molecule has 1 aromatic heterocycles. The fourth-order valence-electron chi connectivity index (χ4n) is 6.59. The van der Waals surface area contributed by atoms with E-state index in [1.807, 2.05) is 12.1 Å². The number of rotatable bonds is 2. The molecule has 2 aliphatic heterocycles. The number of fused-ring (bicyclic) bond motifs is 5. The zero-order chi connectivity index (χ0) is 25.0.